The SMILES string of the molecule is Cc1cnc2c(-c3cccc(Br)c3F)nccn12. The van der Waals surface area contributed by atoms with Gasteiger partial charge in [-0.05, 0) is 35.0 Å². The second kappa shape index (κ2) is 4.17. The highest BCUT2D eigenvalue weighted by Gasteiger charge is 2.14. The maximum atomic E-state index is 14.1. The van der Waals surface area contributed by atoms with E-state index in [0.29, 0.717) is 21.4 Å². The van der Waals surface area contributed by atoms with Crippen LogP contribution in [0.3, 0.4) is 0 Å². The van der Waals surface area contributed by atoms with Gasteiger partial charge in [-0.3, -0.25) is 4.98 Å². The second-order valence-corrected chi connectivity index (χ2v) is 4.82. The van der Waals surface area contributed by atoms with Crippen LogP contribution in [0.2, 0.25) is 0 Å². The summed E-state index contributed by atoms with van der Waals surface area (Å²) in [5.41, 5.74) is 2.64. The molecule has 18 heavy (non-hydrogen) atoms. The van der Waals surface area contributed by atoms with E-state index in [4.69, 9.17) is 0 Å². The number of aryl methyl sites for hydroxylation is 1. The number of nitrogens with zero attached hydrogens (tertiary/aromatic N) is 3. The maximum Gasteiger partial charge on any atom is 0.163 e. The minimum absolute atomic E-state index is 0.321. The van der Waals surface area contributed by atoms with Crippen LogP contribution in [0.5, 0.6) is 0 Å². The lowest BCUT2D eigenvalue weighted by molar-refractivity contribution is 0.624. The fraction of sp³-hybridized carbons (Fsp3) is 0.0769. The highest BCUT2D eigenvalue weighted by atomic mass is 79.9. The minimum Gasteiger partial charge on any atom is -0.301 e. The Hall–Kier alpha value is -1.75. The van der Waals surface area contributed by atoms with Gasteiger partial charge in [-0.25, -0.2) is 9.37 Å². The molecule has 0 atom stereocenters. The molecule has 3 aromatic rings. The monoisotopic (exact) mass is 305 g/mol. The van der Waals surface area contributed by atoms with E-state index in [1.165, 1.54) is 0 Å². The summed E-state index contributed by atoms with van der Waals surface area (Å²) < 4.78 is 16.4. The number of rotatable bonds is 1. The molecule has 0 amide bonds. The molecule has 0 aliphatic rings. The van der Waals surface area contributed by atoms with E-state index in [2.05, 4.69) is 25.9 Å². The van der Waals surface area contributed by atoms with E-state index >= 15 is 0 Å². The van der Waals surface area contributed by atoms with Crippen LogP contribution in [-0.2, 0) is 0 Å². The molecule has 2 heterocycles. The van der Waals surface area contributed by atoms with E-state index in [9.17, 15) is 4.39 Å². The van der Waals surface area contributed by atoms with Gasteiger partial charge in [0, 0.05) is 29.8 Å². The molecule has 0 bridgehead atoms. The number of aromatic nitrogens is 3. The normalized spacial score (nSPS) is 11.1. The van der Waals surface area contributed by atoms with Gasteiger partial charge in [0.15, 0.2) is 5.65 Å². The van der Waals surface area contributed by atoms with Gasteiger partial charge in [-0.1, -0.05) is 6.07 Å². The molecule has 5 heteroatoms. The van der Waals surface area contributed by atoms with E-state index in [1.807, 2.05) is 17.5 Å². The number of hydrogen-bond donors (Lipinski definition) is 0. The zero-order valence-electron chi connectivity index (χ0n) is 9.56. The quantitative estimate of drug-likeness (QED) is 0.687. The number of fused-ring (bicyclic) bond motifs is 1. The van der Waals surface area contributed by atoms with Crippen LogP contribution in [0, 0.1) is 12.7 Å². The van der Waals surface area contributed by atoms with Gasteiger partial charge in [0.1, 0.15) is 11.5 Å². The Morgan fingerprint density at radius 3 is 2.94 bits per heavy atom. The van der Waals surface area contributed by atoms with Gasteiger partial charge in [-0.15, -0.1) is 0 Å². The Bertz CT molecular complexity index is 736. The second-order valence-electron chi connectivity index (χ2n) is 3.97. The molecule has 0 saturated heterocycles. The zero-order valence-corrected chi connectivity index (χ0v) is 11.1. The van der Waals surface area contributed by atoms with Crippen molar-refractivity contribution < 1.29 is 4.39 Å². The Morgan fingerprint density at radius 1 is 1.28 bits per heavy atom. The highest BCUT2D eigenvalue weighted by Crippen LogP contribution is 2.28. The van der Waals surface area contributed by atoms with Crippen molar-refractivity contribution in [2.24, 2.45) is 0 Å². The molecule has 0 aliphatic heterocycles. The molecule has 3 rings (SSSR count). The van der Waals surface area contributed by atoms with Crippen LogP contribution in [-0.4, -0.2) is 14.4 Å². The van der Waals surface area contributed by atoms with Crippen LogP contribution in [0.15, 0.2) is 41.3 Å². The van der Waals surface area contributed by atoms with Gasteiger partial charge in [-0.2, -0.15) is 0 Å². The predicted molar refractivity (Wildman–Crippen MR) is 70.8 cm³/mol. The lowest BCUT2D eigenvalue weighted by atomic mass is 10.1. The molecule has 3 nitrogen and oxygen atoms in total. The van der Waals surface area contributed by atoms with Gasteiger partial charge in [0.2, 0.25) is 0 Å². The van der Waals surface area contributed by atoms with E-state index < -0.39 is 0 Å². The van der Waals surface area contributed by atoms with Crippen molar-refractivity contribution in [3.63, 3.8) is 0 Å². The fourth-order valence-electron chi connectivity index (χ4n) is 1.92. The summed E-state index contributed by atoms with van der Waals surface area (Å²) >= 11 is 3.18. The molecular weight excluding hydrogens is 297 g/mol. The molecule has 0 fully saturated rings. The van der Waals surface area contributed by atoms with E-state index in [-0.39, 0.29) is 5.82 Å². The van der Waals surface area contributed by atoms with Gasteiger partial charge >= 0.3 is 0 Å². The van der Waals surface area contributed by atoms with Crippen molar-refractivity contribution in [3.8, 4) is 11.3 Å². The van der Waals surface area contributed by atoms with E-state index in [0.717, 1.165) is 5.69 Å². The zero-order chi connectivity index (χ0) is 12.7. The first-order valence-electron chi connectivity index (χ1n) is 5.41. The summed E-state index contributed by atoms with van der Waals surface area (Å²) in [5.74, 6) is -0.321. The van der Waals surface area contributed by atoms with Gasteiger partial charge in [0.25, 0.3) is 0 Å². The molecule has 90 valence electrons. The summed E-state index contributed by atoms with van der Waals surface area (Å²) in [6.45, 7) is 1.95. The summed E-state index contributed by atoms with van der Waals surface area (Å²) in [7, 11) is 0. The Labute approximate surface area is 111 Å². The number of halogens is 2. The largest absolute Gasteiger partial charge is 0.301 e. The number of benzene rings is 1. The first-order chi connectivity index (χ1) is 8.68. The molecule has 1 aromatic carbocycles. The molecule has 0 spiro atoms. The first kappa shape index (κ1) is 11.3. The average molecular weight is 306 g/mol. The third-order valence-electron chi connectivity index (χ3n) is 2.82. The fourth-order valence-corrected chi connectivity index (χ4v) is 2.28. The standard InChI is InChI=1S/C13H9BrFN3/c1-8-7-17-13-12(16-5-6-18(8)13)9-3-2-4-10(14)11(9)15/h2-7H,1H3. The topological polar surface area (TPSA) is 30.2 Å². The molecule has 0 saturated carbocycles. The molecular formula is C13H9BrFN3. The molecule has 2 aromatic heterocycles. The Morgan fingerprint density at radius 2 is 2.11 bits per heavy atom. The number of imidazole rings is 1. The van der Waals surface area contributed by atoms with Crippen molar-refractivity contribution in [1.82, 2.24) is 14.4 Å². The molecule has 0 radical (unpaired) electrons. The summed E-state index contributed by atoms with van der Waals surface area (Å²) in [4.78, 5) is 8.53. The Kier molecular flexibility index (Phi) is 2.63. The third kappa shape index (κ3) is 1.62. The van der Waals surface area contributed by atoms with Crippen LogP contribution >= 0.6 is 15.9 Å². The number of hydrogen-bond acceptors (Lipinski definition) is 2. The van der Waals surface area contributed by atoms with Crippen LogP contribution in [0.25, 0.3) is 16.9 Å². The van der Waals surface area contributed by atoms with Crippen LogP contribution < -0.4 is 0 Å². The van der Waals surface area contributed by atoms with Gasteiger partial charge < -0.3 is 4.40 Å². The van der Waals surface area contributed by atoms with E-state index in [1.54, 1.807) is 30.6 Å². The summed E-state index contributed by atoms with van der Waals surface area (Å²) in [6.07, 6.45) is 5.21. The smallest absolute Gasteiger partial charge is 0.163 e. The average Bonchev–Trinajstić information content (AvgIpc) is 2.75. The maximum absolute atomic E-state index is 14.1. The summed E-state index contributed by atoms with van der Waals surface area (Å²) in [6, 6.07) is 5.14. The van der Waals surface area contributed by atoms with Crippen molar-refractivity contribution >= 4 is 21.6 Å². The van der Waals surface area contributed by atoms with Crippen LogP contribution in [0.4, 0.5) is 4.39 Å². The first-order valence-corrected chi connectivity index (χ1v) is 6.21. The van der Waals surface area contributed by atoms with Crippen molar-refractivity contribution in [2.45, 2.75) is 6.92 Å². The minimum atomic E-state index is -0.321. The van der Waals surface area contributed by atoms with Crippen molar-refractivity contribution in [2.75, 3.05) is 0 Å². The van der Waals surface area contributed by atoms with Crippen molar-refractivity contribution in [3.05, 3.63) is 52.8 Å². The molecule has 0 N–H and O–H groups in total. The van der Waals surface area contributed by atoms with Crippen LogP contribution in [0.1, 0.15) is 5.69 Å². The predicted octanol–water partition coefficient (Wildman–Crippen LogP) is 3.61. The lowest BCUT2D eigenvalue weighted by Crippen LogP contribution is -1.95. The lowest BCUT2D eigenvalue weighted by Gasteiger charge is -2.05. The highest BCUT2D eigenvalue weighted by molar-refractivity contribution is 9.10. The molecule has 0 unspecified atom stereocenters. The van der Waals surface area contributed by atoms with Crippen molar-refractivity contribution in [1.29, 1.82) is 0 Å². The summed E-state index contributed by atoms with van der Waals surface area (Å²) in [5, 5.41) is 0. The Balaban J connectivity index is 2.35. The molecule has 0 aliphatic carbocycles. The third-order valence-corrected chi connectivity index (χ3v) is 3.43. The van der Waals surface area contributed by atoms with Gasteiger partial charge in [0.05, 0.1) is 4.47 Å².